The van der Waals surface area contributed by atoms with Gasteiger partial charge in [0.05, 0.1) is 12.1 Å². The maximum Gasteiger partial charge on any atom is 0.305 e. The van der Waals surface area contributed by atoms with Crippen molar-refractivity contribution in [1.29, 1.82) is 0 Å². The van der Waals surface area contributed by atoms with Crippen LogP contribution in [0.25, 0.3) is 0 Å². The lowest BCUT2D eigenvalue weighted by molar-refractivity contribution is -0.136. The van der Waals surface area contributed by atoms with Crippen LogP contribution in [0, 0.1) is 0 Å². The van der Waals surface area contributed by atoms with E-state index >= 15 is 0 Å². The predicted octanol–water partition coefficient (Wildman–Crippen LogP) is 3.75. The first-order valence-corrected chi connectivity index (χ1v) is 8.36. The van der Waals surface area contributed by atoms with Crippen molar-refractivity contribution in [1.82, 2.24) is 0 Å². The summed E-state index contributed by atoms with van der Waals surface area (Å²) in [5, 5.41) is 9.03. The highest BCUT2D eigenvalue weighted by Gasteiger charge is 2.36. The minimum Gasteiger partial charge on any atom is -0.481 e. The summed E-state index contributed by atoms with van der Waals surface area (Å²) in [7, 11) is 0. The Morgan fingerprint density at radius 1 is 1.16 bits per heavy atom. The molecular formula is C20H21NO4. The molecule has 1 aliphatic rings. The van der Waals surface area contributed by atoms with Gasteiger partial charge in [-0.1, -0.05) is 56.3 Å². The summed E-state index contributed by atoms with van der Waals surface area (Å²) >= 11 is 0. The fourth-order valence-corrected chi connectivity index (χ4v) is 3.04. The minimum atomic E-state index is -0.933. The highest BCUT2D eigenvalue weighted by atomic mass is 16.5. The van der Waals surface area contributed by atoms with E-state index in [1.165, 1.54) is 4.90 Å². The third-order valence-corrected chi connectivity index (χ3v) is 4.32. The molecule has 0 saturated heterocycles. The van der Waals surface area contributed by atoms with Gasteiger partial charge >= 0.3 is 5.97 Å². The van der Waals surface area contributed by atoms with E-state index in [1.54, 1.807) is 0 Å². The molecule has 0 fully saturated rings. The van der Waals surface area contributed by atoms with Crippen LogP contribution in [-0.2, 0) is 9.59 Å². The quantitative estimate of drug-likeness (QED) is 0.901. The van der Waals surface area contributed by atoms with E-state index in [-0.39, 0.29) is 24.8 Å². The van der Waals surface area contributed by atoms with Crippen molar-refractivity contribution in [2.75, 3.05) is 11.4 Å². The number of hydrogen-bond acceptors (Lipinski definition) is 3. The van der Waals surface area contributed by atoms with E-state index in [2.05, 4.69) is 13.8 Å². The fraction of sp³-hybridized carbons (Fsp3) is 0.300. The van der Waals surface area contributed by atoms with Gasteiger partial charge in [0.1, 0.15) is 5.75 Å². The smallest absolute Gasteiger partial charge is 0.305 e. The lowest BCUT2D eigenvalue weighted by atomic mass is 9.98. The highest BCUT2D eigenvalue weighted by molar-refractivity contribution is 6.01. The van der Waals surface area contributed by atoms with Crippen LogP contribution in [-0.4, -0.2) is 23.5 Å². The molecule has 1 unspecified atom stereocenters. The largest absolute Gasteiger partial charge is 0.481 e. The lowest BCUT2D eigenvalue weighted by Gasteiger charge is -2.36. The van der Waals surface area contributed by atoms with Crippen LogP contribution in [0.2, 0.25) is 0 Å². The Hall–Kier alpha value is -2.82. The molecule has 3 rings (SSSR count). The molecule has 1 N–H and O–H groups in total. The van der Waals surface area contributed by atoms with Gasteiger partial charge < -0.3 is 14.7 Å². The van der Waals surface area contributed by atoms with Gasteiger partial charge in [-0.15, -0.1) is 0 Å². The third-order valence-electron chi connectivity index (χ3n) is 4.32. The molecule has 1 amide bonds. The Balaban J connectivity index is 2.07. The van der Waals surface area contributed by atoms with E-state index < -0.39 is 12.1 Å². The SMILES string of the molecule is CC(C)c1cccc2c1OC(c1ccccc1)C(=O)N2CCC(=O)O. The molecular weight excluding hydrogens is 318 g/mol. The third kappa shape index (κ3) is 3.36. The molecule has 1 atom stereocenters. The Kier molecular flexibility index (Phi) is 4.74. The Labute approximate surface area is 146 Å². The van der Waals surface area contributed by atoms with Crippen molar-refractivity contribution in [2.24, 2.45) is 0 Å². The van der Waals surface area contributed by atoms with Crippen LogP contribution in [0.5, 0.6) is 5.75 Å². The van der Waals surface area contributed by atoms with E-state index in [4.69, 9.17) is 9.84 Å². The molecule has 0 aliphatic carbocycles. The molecule has 2 aromatic carbocycles. The average molecular weight is 339 g/mol. The van der Waals surface area contributed by atoms with E-state index in [0.717, 1.165) is 11.1 Å². The maximum absolute atomic E-state index is 13.0. The first-order chi connectivity index (χ1) is 12.0. The summed E-state index contributed by atoms with van der Waals surface area (Å²) in [5.74, 6) is -0.282. The van der Waals surface area contributed by atoms with Gasteiger partial charge in [0.25, 0.3) is 5.91 Å². The maximum atomic E-state index is 13.0. The van der Waals surface area contributed by atoms with Gasteiger partial charge in [0, 0.05) is 12.1 Å². The number of aliphatic carboxylic acids is 1. The molecule has 0 aromatic heterocycles. The zero-order chi connectivity index (χ0) is 18.0. The molecule has 0 radical (unpaired) electrons. The number of carbonyl (C=O) groups excluding carboxylic acids is 1. The number of carboxylic acid groups (broad SMARTS) is 1. The molecule has 1 heterocycles. The molecule has 2 aromatic rings. The van der Waals surface area contributed by atoms with Crippen molar-refractivity contribution < 1.29 is 19.4 Å². The van der Waals surface area contributed by atoms with Crippen LogP contribution in [0.1, 0.15) is 43.4 Å². The van der Waals surface area contributed by atoms with Gasteiger partial charge in [0.15, 0.2) is 0 Å². The summed E-state index contributed by atoms with van der Waals surface area (Å²) in [6, 6.07) is 15.0. The minimum absolute atomic E-state index is 0.113. The zero-order valence-electron chi connectivity index (χ0n) is 14.3. The summed E-state index contributed by atoms with van der Waals surface area (Å²) in [6.45, 7) is 4.25. The van der Waals surface area contributed by atoms with Crippen LogP contribution in [0.15, 0.2) is 48.5 Å². The number of nitrogens with zero attached hydrogens (tertiary/aromatic N) is 1. The van der Waals surface area contributed by atoms with Gasteiger partial charge in [-0.25, -0.2) is 0 Å². The molecule has 25 heavy (non-hydrogen) atoms. The number of fused-ring (bicyclic) bond motifs is 1. The highest BCUT2D eigenvalue weighted by Crippen LogP contribution is 2.43. The number of rotatable bonds is 5. The Bertz CT molecular complexity index is 786. The number of amides is 1. The average Bonchev–Trinajstić information content (AvgIpc) is 2.60. The van der Waals surface area contributed by atoms with Crippen molar-refractivity contribution >= 4 is 17.6 Å². The predicted molar refractivity (Wildman–Crippen MR) is 94.9 cm³/mol. The van der Waals surface area contributed by atoms with Crippen molar-refractivity contribution in [2.45, 2.75) is 32.3 Å². The number of carbonyl (C=O) groups is 2. The van der Waals surface area contributed by atoms with Crippen LogP contribution in [0.3, 0.4) is 0 Å². The van der Waals surface area contributed by atoms with Crippen LogP contribution < -0.4 is 9.64 Å². The summed E-state index contributed by atoms with van der Waals surface area (Å²) in [6.07, 6.45) is -0.874. The summed E-state index contributed by atoms with van der Waals surface area (Å²) in [4.78, 5) is 25.5. The van der Waals surface area contributed by atoms with Crippen molar-refractivity contribution in [3.05, 3.63) is 59.7 Å². The van der Waals surface area contributed by atoms with E-state index in [1.807, 2.05) is 48.5 Å². The van der Waals surface area contributed by atoms with E-state index in [9.17, 15) is 9.59 Å². The first-order valence-electron chi connectivity index (χ1n) is 8.36. The monoisotopic (exact) mass is 339 g/mol. The number of anilines is 1. The van der Waals surface area contributed by atoms with Gasteiger partial charge in [-0.3, -0.25) is 9.59 Å². The second-order valence-electron chi connectivity index (χ2n) is 6.39. The van der Waals surface area contributed by atoms with Gasteiger partial charge in [0.2, 0.25) is 6.10 Å². The fourth-order valence-electron chi connectivity index (χ4n) is 3.04. The lowest BCUT2D eigenvalue weighted by Crippen LogP contribution is -2.42. The van der Waals surface area contributed by atoms with Gasteiger partial charge in [-0.2, -0.15) is 0 Å². The molecule has 0 saturated carbocycles. The Morgan fingerprint density at radius 3 is 2.52 bits per heavy atom. The number of para-hydroxylation sites is 1. The second kappa shape index (κ2) is 6.97. The number of hydrogen-bond donors (Lipinski definition) is 1. The molecule has 1 aliphatic heterocycles. The molecule has 5 nitrogen and oxygen atoms in total. The van der Waals surface area contributed by atoms with Crippen molar-refractivity contribution in [3.63, 3.8) is 0 Å². The van der Waals surface area contributed by atoms with Crippen molar-refractivity contribution in [3.8, 4) is 5.75 Å². The van der Waals surface area contributed by atoms with Gasteiger partial charge in [-0.05, 0) is 17.5 Å². The van der Waals surface area contributed by atoms with Crippen LogP contribution in [0.4, 0.5) is 5.69 Å². The number of carboxylic acids is 1. The summed E-state index contributed by atoms with van der Waals surface area (Å²) < 4.78 is 6.12. The van der Waals surface area contributed by atoms with Crippen LogP contribution >= 0.6 is 0 Å². The number of ether oxygens (including phenoxy) is 1. The molecule has 0 spiro atoms. The Morgan fingerprint density at radius 2 is 1.88 bits per heavy atom. The normalized spacial score (nSPS) is 16.5. The molecule has 5 heteroatoms. The van der Waals surface area contributed by atoms with E-state index in [0.29, 0.717) is 11.4 Å². The molecule has 0 bridgehead atoms. The first kappa shape index (κ1) is 17.0. The standard InChI is InChI=1S/C20H21NO4/c1-13(2)15-9-6-10-16-19(15)25-18(14-7-4-3-5-8-14)20(24)21(16)12-11-17(22)23/h3-10,13,18H,11-12H2,1-2H3,(H,22,23). The topological polar surface area (TPSA) is 66.8 Å². The number of benzene rings is 2. The molecule has 130 valence electrons. The zero-order valence-corrected chi connectivity index (χ0v) is 14.3. The second-order valence-corrected chi connectivity index (χ2v) is 6.39. The summed E-state index contributed by atoms with van der Waals surface area (Å²) in [5.41, 5.74) is 2.41.